The molecule has 0 amide bonds. The van der Waals surface area contributed by atoms with E-state index in [9.17, 15) is 4.79 Å². The quantitative estimate of drug-likeness (QED) is 0.760. The highest BCUT2D eigenvalue weighted by Gasteiger charge is 2.12. The summed E-state index contributed by atoms with van der Waals surface area (Å²) in [6.45, 7) is 3.54. The molecule has 0 fully saturated rings. The molecule has 0 aliphatic carbocycles. The second-order valence-electron chi connectivity index (χ2n) is 4.14. The second kappa shape index (κ2) is 5.68. The zero-order chi connectivity index (χ0) is 12.1. The number of ketones is 1. The van der Waals surface area contributed by atoms with Crippen molar-refractivity contribution in [1.29, 1.82) is 0 Å². The summed E-state index contributed by atoms with van der Waals surface area (Å²) < 4.78 is 10.6. The van der Waals surface area contributed by atoms with Crippen molar-refractivity contribution in [3.63, 3.8) is 0 Å². The predicted molar refractivity (Wildman–Crippen MR) is 64.4 cm³/mol. The topological polar surface area (TPSA) is 47.6 Å². The third kappa shape index (κ3) is 3.46. The van der Waals surface area contributed by atoms with Gasteiger partial charge in [-0.3, -0.25) is 4.79 Å². The Bertz CT molecular complexity index is 404. The van der Waals surface area contributed by atoms with E-state index in [0.29, 0.717) is 13.2 Å². The number of carbonyl (C=O) groups is 1. The molecule has 0 bridgehead atoms. The van der Waals surface area contributed by atoms with Crippen molar-refractivity contribution < 1.29 is 14.3 Å². The van der Waals surface area contributed by atoms with E-state index < -0.39 is 0 Å². The number of ether oxygens (including phenoxy) is 2. The molecule has 0 aromatic heterocycles. The number of fused-ring (bicyclic) bond motifs is 1. The molecular formula is C13H17NO3. The van der Waals surface area contributed by atoms with Gasteiger partial charge in [0.15, 0.2) is 11.5 Å². The molecule has 1 aromatic rings. The first-order valence-corrected chi connectivity index (χ1v) is 5.84. The molecule has 0 spiro atoms. The Kier molecular flexibility index (Phi) is 3.98. The highest BCUT2D eigenvalue weighted by atomic mass is 16.7. The average molecular weight is 235 g/mol. The normalized spacial score (nSPS) is 12.8. The van der Waals surface area contributed by atoms with Crippen molar-refractivity contribution in [3.05, 3.63) is 23.8 Å². The van der Waals surface area contributed by atoms with Gasteiger partial charge in [0, 0.05) is 13.0 Å². The molecule has 1 aliphatic heterocycles. The lowest BCUT2D eigenvalue weighted by atomic mass is 10.1. The van der Waals surface area contributed by atoms with E-state index in [4.69, 9.17) is 9.47 Å². The minimum absolute atomic E-state index is 0.223. The van der Waals surface area contributed by atoms with Gasteiger partial charge < -0.3 is 14.8 Å². The van der Waals surface area contributed by atoms with E-state index in [1.54, 1.807) is 6.92 Å². The highest BCUT2D eigenvalue weighted by Crippen LogP contribution is 2.32. The smallest absolute Gasteiger partial charge is 0.231 e. The summed E-state index contributed by atoms with van der Waals surface area (Å²) in [5.41, 5.74) is 1.21. The molecule has 1 aromatic carbocycles. The molecule has 92 valence electrons. The largest absolute Gasteiger partial charge is 0.454 e. The Labute approximate surface area is 101 Å². The van der Waals surface area contributed by atoms with Gasteiger partial charge in [0.25, 0.3) is 0 Å². The fourth-order valence-corrected chi connectivity index (χ4v) is 1.72. The first-order valence-electron chi connectivity index (χ1n) is 5.84. The molecule has 0 atom stereocenters. The fourth-order valence-electron chi connectivity index (χ4n) is 1.72. The van der Waals surface area contributed by atoms with E-state index in [2.05, 4.69) is 5.32 Å². The number of benzene rings is 1. The van der Waals surface area contributed by atoms with Crippen molar-refractivity contribution in [3.8, 4) is 11.5 Å². The Morgan fingerprint density at radius 1 is 1.29 bits per heavy atom. The van der Waals surface area contributed by atoms with Crippen LogP contribution in [-0.4, -0.2) is 25.7 Å². The molecule has 2 rings (SSSR count). The van der Waals surface area contributed by atoms with Gasteiger partial charge in [0.1, 0.15) is 5.78 Å². The van der Waals surface area contributed by atoms with Gasteiger partial charge >= 0.3 is 0 Å². The zero-order valence-electron chi connectivity index (χ0n) is 9.99. The first-order chi connectivity index (χ1) is 8.25. The minimum atomic E-state index is 0.223. The number of rotatable bonds is 6. The summed E-state index contributed by atoms with van der Waals surface area (Å²) in [6.07, 6.45) is 1.52. The monoisotopic (exact) mass is 235 g/mol. The van der Waals surface area contributed by atoms with Crippen LogP contribution in [0.4, 0.5) is 0 Å². The number of Topliss-reactive ketones (excluding diaryl/α,β-unsaturated/α-hetero) is 1. The maximum Gasteiger partial charge on any atom is 0.231 e. The van der Waals surface area contributed by atoms with Crippen LogP contribution in [0.25, 0.3) is 0 Å². The van der Waals surface area contributed by atoms with E-state index >= 15 is 0 Å². The Hall–Kier alpha value is -1.55. The van der Waals surface area contributed by atoms with Gasteiger partial charge in [-0.2, -0.15) is 0 Å². The molecule has 0 saturated carbocycles. The van der Waals surface area contributed by atoms with Crippen LogP contribution < -0.4 is 14.8 Å². The maximum absolute atomic E-state index is 10.7. The molecular weight excluding hydrogens is 218 g/mol. The molecule has 0 unspecified atom stereocenters. The Balaban J connectivity index is 1.74. The molecule has 4 nitrogen and oxygen atoms in total. The van der Waals surface area contributed by atoms with Crippen molar-refractivity contribution in [2.45, 2.75) is 19.8 Å². The lowest BCUT2D eigenvalue weighted by Gasteiger charge is -2.04. The molecule has 1 N–H and O–H groups in total. The summed E-state index contributed by atoms with van der Waals surface area (Å²) in [5, 5.41) is 3.24. The van der Waals surface area contributed by atoms with Gasteiger partial charge in [-0.15, -0.1) is 0 Å². The predicted octanol–water partition coefficient (Wildman–Crippen LogP) is 1.53. The van der Waals surface area contributed by atoms with E-state index in [1.807, 2.05) is 18.2 Å². The second-order valence-corrected chi connectivity index (χ2v) is 4.14. The van der Waals surface area contributed by atoms with Crippen LogP contribution in [0.3, 0.4) is 0 Å². The maximum atomic E-state index is 10.7. The molecule has 4 heteroatoms. The van der Waals surface area contributed by atoms with Crippen LogP contribution >= 0.6 is 0 Å². The summed E-state index contributed by atoms with van der Waals surface area (Å²) in [6, 6.07) is 5.99. The fraction of sp³-hybridized carbons (Fsp3) is 0.462. The third-order valence-electron chi connectivity index (χ3n) is 2.68. The lowest BCUT2D eigenvalue weighted by molar-refractivity contribution is -0.116. The zero-order valence-corrected chi connectivity index (χ0v) is 9.99. The third-order valence-corrected chi connectivity index (χ3v) is 2.68. The Morgan fingerprint density at radius 2 is 2.12 bits per heavy atom. The van der Waals surface area contributed by atoms with Crippen molar-refractivity contribution in [1.82, 2.24) is 5.32 Å². The van der Waals surface area contributed by atoms with Gasteiger partial charge in [-0.1, -0.05) is 6.07 Å². The van der Waals surface area contributed by atoms with Gasteiger partial charge in [-0.25, -0.2) is 0 Å². The van der Waals surface area contributed by atoms with Crippen LogP contribution in [0.1, 0.15) is 18.9 Å². The van der Waals surface area contributed by atoms with Crippen LogP contribution in [0, 0.1) is 0 Å². The summed E-state index contributed by atoms with van der Waals surface area (Å²) >= 11 is 0. The first kappa shape index (κ1) is 11.9. The molecule has 1 heterocycles. The van der Waals surface area contributed by atoms with Crippen LogP contribution in [0.2, 0.25) is 0 Å². The van der Waals surface area contributed by atoms with Gasteiger partial charge in [0.2, 0.25) is 6.79 Å². The molecule has 1 aliphatic rings. The van der Waals surface area contributed by atoms with Gasteiger partial charge in [-0.05, 0) is 37.6 Å². The highest BCUT2D eigenvalue weighted by molar-refractivity contribution is 5.75. The van der Waals surface area contributed by atoms with Crippen LogP contribution in [-0.2, 0) is 11.2 Å². The summed E-state index contributed by atoms with van der Waals surface area (Å²) in [5.74, 6) is 1.87. The van der Waals surface area contributed by atoms with Crippen LogP contribution in [0.5, 0.6) is 11.5 Å². The van der Waals surface area contributed by atoms with E-state index in [-0.39, 0.29) is 5.78 Å². The summed E-state index contributed by atoms with van der Waals surface area (Å²) in [7, 11) is 0. The number of nitrogens with one attached hydrogen (secondary N) is 1. The van der Waals surface area contributed by atoms with Gasteiger partial charge in [0.05, 0.1) is 0 Å². The standard InChI is InChI=1S/C13H17NO3/c1-10(15)4-6-14-7-5-11-2-3-12-13(8-11)17-9-16-12/h2-3,8,14H,4-7,9H2,1H3. The van der Waals surface area contributed by atoms with E-state index in [1.165, 1.54) is 5.56 Å². The minimum Gasteiger partial charge on any atom is -0.454 e. The average Bonchev–Trinajstić information content (AvgIpc) is 2.75. The number of hydrogen-bond donors (Lipinski definition) is 1. The van der Waals surface area contributed by atoms with Crippen molar-refractivity contribution in [2.75, 3.05) is 19.9 Å². The van der Waals surface area contributed by atoms with E-state index in [0.717, 1.165) is 31.0 Å². The van der Waals surface area contributed by atoms with Crippen LogP contribution in [0.15, 0.2) is 18.2 Å². The molecule has 0 saturated heterocycles. The molecule has 17 heavy (non-hydrogen) atoms. The number of hydrogen-bond acceptors (Lipinski definition) is 4. The number of carbonyl (C=O) groups excluding carboxylic acids is 1. The lowest BCUT2D eigenvalue weighted by Crippen LogP contribution is -2.20. The molecule has 0 radical (unpaired) electrons. The summed E-state index contributed by atoms with van der Waals surface area (Å²) in [4.78, 5) is 10.7. The van der Waals surface area contributed by atoms with Crippen molar-refractivity contribution >= 4 is 5.78 Å². The Morgan fingerprint density at radius 3 is 2.94 bits per heavy atom. The van der Waals surface area contributed by atoms with Crippen molar-refractivity contribution in [2.24, 2.45) is 0 Å². The SMILES string of the molecule is CC(=O)CCNCCc1ccc2c(c1)OCO2.